The Bertz CT molecular complexity index is 595. The normalized spacial score (nSPS) is 10.3. The largest absolute Gasteiger partial charge is 0.434 e. The van der Waals surface area contributed by atoms with Crippen LogP contribution in [0.4, 0.5) is 14.7 Å². The van der Waals surface area contributed by atoms with E-state index in [-0.39, 0.29) is 16.7 Å². The average molecular weight is 286 g/mol. The Labute approximate surface area is 113 Å². The van der Waals surface area contributed by atoms with Gasteiger partial charge in [-0.3, -0.25) is 0 Å². The lowest BCUT2D eigenvalue weighted by Gasteiger charge is -2.09. The summed E-state index contributed by atoms with van der Waals surface area (Å²) in [5.41, 5.74) is 0. The number of halogens is 3. The van der Waals surface area contributed by atoms with E-state index in [2.05, 4.69) is 15.3 Å². The molecule has 0 aliphatic rings. The van der Waals surface area contributed by atoms with Crippen LogP contribution in [-0.2, 0) is 0 Å². The van der Waals surface area contributed by atoms with Gasteiger partial charge in [0.1, 0.15) is 10.8 Å². The maximum absolute atomic E-state index is 13.4. The highest BCUT2D eigenvalue weighted by molar-refractivity contribution is 6.31. The molecule has 0 fully saturated rings. The number of benzene rings is 1. The topological polar surface area (TPSA) is 47.0 Å². The zero-order chi connectivity index (χ0) is 13.8. The molecule has 1 aromatic carbocycles. The summed E-state index contributed by atoms with van der Waals surface area (Å²) in [4.78, 5) is 7.87. The van der Waals surface area contributed by atoms with Crippen LogP contribution >= 0.6 is 11.6 Å². The first kappa shape index (κ1) is 13.5. The lowest BCUT2D eigenvalue weighted by Crippen LogP contribution is -2.03. The second-order valence-corrected chi connectivity index (χ2v) is 3.96. The van der Waals surface area contributed by atoms with Gasteiger partial charge in [0.15, 0.2) is 11.6 Å². The van der Waals surface area contributed by atoms with E-state index in [1.165, 1.54) is 6.20 Å². The van der Waals surface area contributed by atoms with Crippen LogP contribution in [0.1, 0.15) is 6.92 Å². The molecule has 1 N–H and O–H groups in total. The van der Waals surface area contributed by atoms with Crippen molar-refractivity contribution < 1.29 is 13.5 Å². The Balaban J connectivity index is 2.31. The zero-order valence-corrected chi connectivity index (χ0v) is 10.7. The Morgan fingerprint density at radius 2 is 2.16 bits per heavy atom. The van der Waals surface area contributed by atoms with Crippen LogP contribution < -0.4 is 10.1 Å². The van der Waals surface area contributed by atoms with E-state index in [1.54, 1.807) is 0 Å². The van der Waals surface area contributed by atoms with Crippen LogP contribution in [0.3, 0.4) is 0 Å². The summed E-state index contributed by atoms with van der Waals surface area (Å²) in [6, 6.07) is 2.87. The summed E-state index contributed by atoms with van der Waals surface area (Å²) in [6.07, 6.45) is 1.32. The molecule has 4 nitrogen and oxygen atoms in total. The Hall–Kier alpha value is -1.95. The van der Waals surface area contributed by atoms with Crippen molar-refractivity contribution in [2.24, 2.45) is 0 Å². The van der Waals surface area contributed by atoms with Gasteiger partial charge in [-0.25, -0.2) is 13.8 Å². The van der Waals surface area contributed by atoms with E-state index in [1.807, 2.05) is 6.92 Å². The first-order valence-electron chi connectivity index (χ1n) is 5.49. The summed E-state index contributed by atoms with van der Waals surface area (Å²) in [5, 5.41) is 2.96. The predicted molar refractivity (Wildman–Crippen MR) is 67.6 cm³/mol. The van der Waals surface area contributed by atoms with Gasteiger partial charge in [0.05, 0.1) is 6.20 Å². The van der Waals surface area contributed by atoms with Crippen molar-refractivity contribution in [3.05, 3.63) is 41.1 Å². The van der Waals surface area contributed by atoms with Gasteiger partial charge in [0.2, 0.25) is 11.8 Å². The first-order valence-corrected chi connectivity index (χ1v) is 5.87. The van der Waals surface area contributed by atoms with E-state index < -0.39 is 11.6 Å². The van der Waals surface area contributed by atoms with Gasteiger partial charge in [-0.1, -0.05) is 11.6 Å². The molecule has 0 radical (unpaired) electrons. The average Bonchev–Trinajstić information content (AvgIpc) is 2.38. The fourth-order valence-electron chi connectivity index (χ4n) is 1.33. The molecule has 0 bridgehead atoms. The standard InChI is InChI=1S/C12H10ClF2N3O/c1-2-16-12-17-6-8(13)11(18-12)19-10-5-7(14)3-4-9(10)15/h3-6H,2H2,1H3,(H,16,17,18). The first-order chi connectivity index (χ1) is 9.10. The molecule has 100 valence electrons. The van der Waals surface area contributed by atoms with Crippen molar-refractivity contribution in [2.75, 3.05) is 11.9 Å². The predicted octanol–water partition coefficient (Wildman–Crippen LogP) is 3.63. The summed E-state index contributed by atoms with van der Waals surface area (Å²) in [6.45, 7) is 2.47. The number of aromatic nitrogens is 2. The summed E-state index contributed by atoms with van der Waals surface area (Å²) in [7, 11) is 0. The maximum atomic E-state index is 13.4. The molecule has 19 heavy (non-hydrogen) atoms. The highest BCUT2D eigenvalue weighted by atomic mass is 35.5. The van der Waals surface area contributed by atoms with Crippen LogP contribution in [0.2, 0.25) is 5.02 Å². The highest BCUT2D eigenvalue weighted by Gasteiger charge is 2.11. The Kier molecular flexibility index (Phi) is 4.11. The van der Waals surface area contributed by atoms with Gasteiger partial charge in [-0.2, -0.15) is 4.98 Å². The molecule has 2 rings (SSSR count). The van der Waals surface area contributed by atoms with Crippen LogP contribution in [0.15, 0.2) is 24.4 Å². The summed E-state index contributed by atoms with van der Waals surface area (Å²) < 4.78 is 31.6. The number of hydrogen-bond acceptors (Lipinski definition) is 4. The molecule has 7 heteroatoms. The van der Waals surface area contributed by atoms with E-state index >= 15 is 0 Å². The minimum Gasteiger partial charge on any atom is -0.434 e. The zero-order valence-electron chi connectivity index (χ0n) is 9.95. The number of ether oxygens (including phenoxy) is 1. The molecule has 0 aliphatic carbocycles. The monoisotopic (exact) mass is 285 g/mol. The van der Waals surface area contributed by atoms with Crippen molar-refractivity contribution in [1.29, 1.82) is 0 Å². The number of hydrogen-bond donors (Lipinski definition) is 1. The van der Waals surface area contributed by atoms with Crippen LogP contribution in [0, 0.1) is 11.6 Å². The fourth-order valence-corrected chi connectivity index (χ4v) is 1.46. The molecule has 0 aliphatic heterocycles. The highest BCUT2D eigenvalue weighted by Crippen LogP contribution is 2.29. The Morgan fingerprint density at radius 3 is 2.89 bits per heavy atom. The maximum Gasteiger partial charge on any atom is 0.243 e. The van der Waals surface area contributed by atoms with Crippen molar-refractivity contribution >= 4 is 17.5 Å². The lowest BCUT2D eigenvalue weighted by atomic mass is 10.3. The number of anilines is 1. The fraction of sp³-hybridized carbons (Fsp3) is 0.167. The van der Waals surface area contributed by atoms with Gasteiger partial charge in [0.25, 0.3) is 0 Å². The molecular weight excluding hydrogens is 276 g/mol. The van der Waals surface area contributed by atoms with Gasteiger partial charge >= 0.3 is 0 Å². The number of nitrogens with one attached hydrogen (secondary N) is 1. The van der Waals surface area contributed by atoms with E-state index in [4.69, 9.17) is 16.3 Å². The molecule has 0 saturated carbocycles. The molecular formula is C12H10ClF2N3O. The van der Waals surface area contributed by atoms with Gasteiger partial charge in [0, 0.05) is 12.6 Å². The molecule has 0 saturated heterocycles. The quantitative estimate of drug-likeness (QED) is 0.932. The molecule has 1 heterocycles. The van der Waals surface area contributed by atoms with E-state index in [9.17, 15) is 8.78 Å². The third-order valence-corrected chi connectivity index (χ3v) is 2.41. The lowest BCUT2D eigenvalue weighted by molar-refractivity contribution is 0.422. The van der Waals surface area contributed by atoms with Gasteiger partial charge < -0.3 is 10.1 Å². The summed E-state index contributed by atoms with van der Waals surface area (Å²) in [5.74, 6) is -1.37. The van der Waals surface area contributed by atoms with E-state index in [0.717, 1.165) is 18.2 Å². The second-order valence-electron chi connectivity index (χ2n) is 3.55. The molecule has 0 amide bonds. The van der Waals surface area contributed by atoms with E-state index in [0.29, 0.717) is 12.5 Å². The van der Waals surface area contributed by atoms with Gasteiger partial charge in [-0.15, -0.1) is 0 Å². The third-order valence-electron chi connectivity index (χ3n) is 2.15. The molecule has 0 atom stereocenters. The van der Waals surface area contributed by atoms with Crippen molar-refractivity contribution in [2.45, 2.75) is 6.92 Å². The molecule has 2 aromatic rings. The van der Waals surface area contributed by atoms with Crippen LogP contribution in [0.5, 0.6) is 11.6 Å². The van der Waals surface area contributed by atoms with Crippen molar-refractivity contribution in [3.63, 3.8) is 0 Å². The minimum absolute atomic E-state index is 0.0443. The number of nitrogens with zero attached hydrogens (tertiary/aromatic N) is 2. The Morgan fingerprint density at radius 1 is 1.37 bits per heavy atom. The smallest absolute Gasteiger partial charge is 0.243 e. The van der Waals surface area contributed by atoms with Gasteiger partial charge in [-0.05, 0) is 19.1 Å². The van der Waals surface area contributed by atoms with Crippen molar-refractivity contribution in [1.82, 2.24) is 9.97 Å². The molecule has 0 spiro atoms. The third kappa shape index (κ3) is 3.29. The minimum atomic E-state index is -0.707. The summed E-state index contributed by atoms with van der Waals surface area (Å²) >= 11 is 5.84. The van der Waals surface area contributed by atoms with Crippen molar-refractivity contribution in [3.8, 4) is 11.6 Å². The molecule has 0 unspecified atom stereocenters. The second kappa shape index (κ2) is 5.79. The molecule has 1 aromatic heterocycles. The van der Waals surface area contributed by atoms with Crippen LogP contribution in [-0.4, -0.2) is 16.5 Å². The number of rotatable bonds is 4. The van der Waals surface area contributed by atoms with Crippen LogP contribution in [0.25, 0.3) is 0 Å². The SMILES string of the molecule is CCNc1ncc(Cl)c(Oc2cc(F)ccc2F)n1.